The van der Waals surface area contributed by atoms with E-state index in [2.05, 4.69) is 52.0 Å². The summed E-state index contributed by atoms with van der Waals surface area (Å²) in [4.78, 5) is 8.10. The second-order valence-corrected chi connectivity index (χ2v) is 6.45. The number of nitrogens with one attached hydrogen (secondary N) is 1. The van der Waals surface area contributed by atoms with Crippen LogP contribution in [0.15, 0.2) is 10.8 Å². The van der Waals surface area contributed by atoms with E-state index in [-0.39, 0.29) is 5.41 Å². The Morgan fingerprint density at radius 1 is 1.33 bits per heavy atom. The van der Waals surface area contributed by atoms with Crippen LogP contribution in [0.1, 0.15) is 46.5 Å². The van der Waals surface area contributed by atoms with Crippen molar-refractivity contribution in [2.24, 2.45) is 5.41 Å². The van der Waals surface area contributed by atoms with Crippen LogP contribution in [0.2, 0.25) is 5.15 Å². The molecule has 1 aromatic rings. The first-order chi connectivity index (χ1) is 8.46. The van der Waals surface area contributed by atoms with Crippen LogP contribution in [0.5, 0.6) is 0 Å². The largest absolute Gasteiger partial charge is 0.368 e. The molecule has 1 heterocycles. The van der Waals surface area contributed by atoms with Gasteiger partial charge in [-0.2, -0.15) is 0 Å². The molecule has 0 aliphatic carbocycles. The molecule has 5 heteroatoms. The van der Waals surface area contributed by atoms with E-state index in [0.717, 1.165) is 16.8 Å². The van der Waals surface area contributed by atoms with Crippen LogP contribution in [0.3, 0.4) is 0 Å². The van der Waals surface area contributed by atoms with E-state index >= 15 is 0 Å². The van der Waals surface area contributed by atoms with Crippen molar-refractivity contribution in [2.45, 2.75) is 46.5 Å². The number of anilines is 1. The second-order valence-electron chi connectivity index (χ2n) is 5.30. The normalized spacial score (nSPS) is 11.6. The number of unbranched alkanes of at least 4 members (excludes halogenated alkanes) is 2. The van der Waals surface area contributed by atoms with Crippen LogP contribution in [0.25, 0.3) is 0 Å². The molecule has 0 fully saturated rings. The summed E-state index contributed by atoms with van der Waals surface area (Å²) in [6, 6.07) is 0. The van der Waals surface area contributed by atoms with Gasteiger partial charge < -0.3 is 5.32 Å². The van der Waals surface area contributed by atoms with E-state index in [1.165, 1.54) is 32.0 Å². The van der Waals surface area contributed by atoms with Crippen LogP contribution in [0.4, 0.5) is 5.82 Å². The van der Waals surface area contributed by atoms with Gasteiger partial charge in [-0.25, -0.2) is 9.97 Å². The van der Waals surface area contributed by atoms with Crippen molar-refractivity contribution >= 4 is 33.3 Å². The average Bonchev–Trinajstić information content (AvgIpc) is 2.31. The first kappa shape index (κ1) is 15.7. The Balaban J connectivity index is 2.50. The molecule has 0 spiro atoms. The Labute approximate surface area is 123 Å². The third-order valence-corrected chi connectivity index (χ3v) is 4.20. The summed E-state index contributed by atoms with van der Waals surface area (Å²) in [5, 5.41) is 3.78. The molecule has 0 aliphatic rings. The summed E-state index contributed by atoms with van der Waals surface area (Å²) >= 11 is 9.32. The highest BCUT2D eigenvalue weighted by molar-refractivity contribution is 9.10. The minimum atomic E-state index is 0.256. The van der Waals surface area contributed by atoms with E-state index in [1.807, 2.05) is 0 Å². The fourth-order valence-corrected chi connectivity index (χ4v) is 2.21. The predicted octanol–water partition coefficient (Wildman–Crippen LogP) is 4.91. The number of aromatic nitrogens is 2. The van der Waals surface area contributed by atoms with Gasteiger partial charge in [-0.15, -0.1) is 0 Å². The van der Waals surface area contributed by atoms with Gasteiger partial charge in [-0.1, -0.05) is 51.6 Å². The molecule has 0 amide bonds. The number of hydrogen-bond donors (Lipinski definition) is 1. The van der Waals surface area contributed by atoms with Crippen molar-refractivity contribution in [1.82, 2.24) is 9.97 Å². The molecule has 0 unspecified atom stereocenters. The summed E-state index contributed by atoms with van der Waals surface area (Å²) in [5.41, 5.74) is 0.256. The lowest BCUT2D eigenvalue weighted by atomic mass is 9.87. The lowest BCUT2D eigenvalue weighted by Crippen LogP contribution is -2.23. The van der Waals surface area contributed by atoms with Crippen molar-refractivity contribution in [3.8, 4) is 0 Å². The highest BCUT2D eigenvalue weighted by atomic mass is 79.9. The lowest BCUT2D eigenvalue weighted by Gasteiger charge is -2.25. The van der Waals surface area contributed by atoms with Crippen molar-refractivity contribution in [3.63, 3.8) is 0 Å². The number of hydrogen-bond acceptors (Lipinski definition) is 3. The second kappa shape index (κ2) is 7.29. The van der Waals surface area contributed by atoms with Gasteiger partial charge in [-0.05, 0) is 27.8 Å². The molecule has 102 valence electrons. The van der Waals surface area contributed by atoms with E-state index in [0.29, 0.717) is 5.15 Å². The molecule has 0 saturated carbocycles. The van der Waals surface area contributed by atoms with Gasteiger partial charge in [0.05, 0.1) is 4.47 Å². The quantitative estimate of drug-likeness (QED) is 0.568. The molecule has 0 bridgehead atoms. The number of nitrogens with zero attached hydrogens (tertiary/aromatic N) is 2. The van der Waals surface area contributed by atoms with Crippen LogP contribution in [-0.2, 0) is 0 Å². The highest BCUT2D eigenvalue weighted by Crippen LogP contribution is 2.29. The van der Waals surface area contributed by atoms with Gasteiger partial charge in [0.1, 0.15) is 17.3 Å². The molecule has 0 atom stereocenters. The Bertz CT molecular complexity index is 382. The Kier molecular flexibility index (Phi) is 6.36. The number of rotatable bonds is 7. The molecule has 0 aliphatic heterocycles. The van der Waals surface area contributed by atoms with E-state index in [4.69, 9.17) is 11.6 Å². The molecule has 3 nitrogen and oxygen atoms in total. The maximum atomic E-state index is 5.93. The Morgan fingerprint density at radius 3 is 2.72 bits per heavy atom. The molecule has 1 N–H and O–H groups in total. The topological polar surface area (TPSA) is 37.8 Å². The molecular weight excluding hydrogens is 314 g/mol. The van der Waals surface area contributed by atoms with E-state index in [1.54, 1.807) is 0 Å². The SMILES string of the molecule is CCCCCC(C)(C)CNc1ncnc(Cl)c1Br. The van der Waals surface area contributed by atoms with E-state index < -0.39 is 0 Å². The Hall–Kier alpha value is -0.350. The summed E-state index contributed by atoms with van der Waals surface area (Å²) in [5.74, 6) is 0.763. The molecule has 1 rings (SSSR count). The van der Waals surface area contributed by atoms with E-state index in [9.17, 15) is 0 Å². The summed E-state index contributed by atoms with van der Waals surface area (Å²) in [7, 11) is 0. The molecular formula is C13H21BrClN3. The van der Waals surface area contributed by atoms with Gasteiger partial charge in [0.2, 0.25) is 0 Å². The van der Waals surface area contributed by atoms with Crippen molar-refractivity contribution < 1.29 is 0 Å². The minimum Gasteiger partial charge on any atom is -0.368 e. The van der Waals surface area contributed by atoms with Crippen molar-refractivity contribution in [1.29, 1.82) is 0 Å². The highest BCUT2D eigenvalue weighted by Gasteiger charge is 2.18. The fourth-order valence-electron chi connectivity index (χ4n) is 1.74. The molecule has 1 aromatic heterocycles. The first-order valence-corrected chi connectivity index (χ1v) is 7.53. The third kappa shape index (κ3) is 5.11. The molecule has 0 aromatic carbocycles. The maximum absolute atomic E-state index is 5.93. The molecule has 18 heavy (non-hydrogen) atoms. The van der Waals surface area contributed by atoms with Crippen molar-refractivity contribution in [3.05, 3.63) is 16.0 Å². The summed E-state index contributed by atoms with van der Waals surface area (Å²) in [6.45, 7) is 7.65. The summed E-state index contributed by atoms with van der Waals surface area (Å²) < 4.78 is 0.732. The first-order valence-electron chi connectivity index (χ1n) is 6.36. The maximum Gasteiger partial charge on any atom is 0.148 e. The van der Waals surface area contributed by atoms with Crippen molar-refractivity contribution in [2.75, 3.05) is 11.9 Å². The monoisotopic (exact) mass is 333 g/mol. The zero-order valence-electron chi connectivity index (χ0n) is 11.3. The molecule has 0 radical (unpaired) electrons. The van der Waals surface area contributed by atoms with Gasteiger partial charge >= 0.3 is 0 Å². The standard InChI is InChI=1S/C13H21BrClN3/c1-4-5-6-7-13(2,3)8-16-12-10(14)11(15)17-9-18-12/h9H,4-8H2,1-3H3,(H,16,17,18). The zero-order chi connectivity index (χ0) is 13.6. The molecule has 0 saturated heterocycles. The number of halogens is 2. The fraction of sp³-hybridized carbons (Fsp3) is 0.692. The smallest absolute Gasteiger partial charge is 0.148 e. The third-order valence-electron chi connectivity index (χ3n) is 2.94. The predicted molar refractivity (Wildman–Crippen MR) is 81.2 cm³/mol. The van der Waals surface area contributed by atoms with Gasteiger partial charge in [0.15, 0.2) is 0 Å². The average molecular weight is 335 g/mol. The Morgan fingerprint density at radius 2 is 2.06 bits per heavy atom. The van der Waals surface area contributed by atoms with Gasteiger partial charge in [-0.3, -0.25) is 0 Å². The van der Waals surface area contributed by atoms with Gasteiger partial charge in [0, 0.05) is 6.54 Å². The minimum absolute atomic E-state index is 0.256. The zero-order valence-corrected chi connectivity index (χ0v) is 13.6. The van der Waals surface area contributed by atoms with Crippen LogP contribution in [-0.4, -0.2) is 16.5 Å². The van der Waals surface area contributed by atoms with Crippen LogP contribution >= 0.6 is 27.5 Å². The summed E-state index contributed by atoms with van der Waals surface area (Å²) in [6.07, 6.45) is 6.52. The van der Waals surface area contributed by atoms with Gasteiger partial charge in [0.25, 0.3) is 0 Å². The van der Waals surface area contributed by atoms with Crippen LogP contribution < -0.4 is 5.32 Å². The van der Waals surface area contributed by atoms with Crippen LogP contribution in [0, 0.1) is 5.41 Å². The lowest BCUT2D eigenvalue weighted by molar-refractivity contribution is 0.342.